The molecular formula is C8H7BrN2S2. The molecule has 2 aromatic rings. The zero-order valence-corrected chi connectivity index (χ0v) is 9.88. The molecule has 0 spiro atoms. The highest BCUT2D eigenvalue weighted by molar-refractivity contribution is 9.10. The molecule has 13 heavy (non-hydrogen) atoms. The number of hydrogen-bond acceptors (Lipinski definition) is 4. The van der Waals surface area contributed by atoms with E-state index in [9.17, 15) is 0 Å². The van der Waals surface area contributed by atoms with Crippen molar-refractivity contribution in [3.8, 4) is 0 Å². The van der Waals surface area contributed by atoms with Gasteiger partial charge < -0.3 is 5.32 Å². The van der Waals surface area contributed by atoms with E-state index in [-0.39, 0.29) is 0 Å². The zero-order valence-electron chi connectivity index (χ0n) is 6.66. The summed E-state index contributed by atoms with van der Waals surface area (Å²) in [5.74, 6) is 0. The highest BCUT2D eigenvalue weighted by Gasteiger charge is 1.98. The van der Waals surface area contributed by atoms with Crippen LogP contribution in [-0.2, 0) is 6.54 Å². The van der Waals surface area contributed by atoms with Gasteiger partial charge in [0.25, 0.3) is 0 Å². The second kappa shape index (κ2) is 4.21. The summed E-state index contributed by atoms with van der Waals surface area (Å²) < 4.78 is 0.895. The number of nitrogens with zero attached hydrogens (tertiary/aromatic N) is 1. The van der Waals surface area contributed by atoms with E-state index in [1.807, 2.05) is 5.38 Å². The van der Waals surface area contributed by atoms with Gasteiger partial charge in [-0.1, -0.05) is 6.07 Å². The van der Waals surface area contributed by atoms with Gasteiger partial charge in [-0.05, 0) is 27.4 Å². The normalized spacial score (nSPS) is 10.2. The Morgan fingerprint density at radius 1 is 1.46 bits per heavy atom. The van der Waals surface area contributed by atoms with Gasteiger partial charge >= 0.3 is 0 Å². The predicted octanol–water partition coefficient (Wildman–Crippen LogP) is 3.58. The van der Waals surface area contributed by atoms with E-state index in [1.54, 1.807) is 22.7 Å². The minimum Gasteiger partial charge on any atom is -0.357 e. The summed E-state index contributed by atoms with van der Waals surface area (Å²) >= 11 is 6.67. The summed E-state index contributed by atoms with van der Waals surface area (Å²) in [5.41, 5.74) is 0. The van der Waals surface area contributed by atoms with Gasteiger partial charge in [-0.3, -0.25) is 0 Å². The van der Waals surface area contributed by atoms with Gasteiger partial charge in [0.2, 0.25) is 0 Å². The largest absolute Gasteiger partial charge is 0.357 e. The molecule has 2 heterocycles. The molecule has 0 aliphatic heterocycles. The number of rotatable bonds is 3. The van der Waals surface area contributed by atoms with E-state index >= 15 is 0 Å². The number of thiophene rings is 1. The molecule has 0 bridgehead atoms. The summed E-state index contributed by atoms with van der Waals surface area (Å²) in [6.45, 7) is 0.859. The Balaban J connectivity index is 1.93. The Kier molecular flexibility index (Phi) is 2.97. The molecular weight excluding hydrogens is 268 g/mol. The number of aromatic nitrogens is 1. The maximum absolute atomic E-state index is 4.24. The molecule has 0 unspecified atom stereocenters. The van der Waals surface area contributed by atoms with E-state index in [1.165, 1.54) is 4.88 Å². The van der Waals surface area contributed by atoms with Crippen LogP contribution in [0.2, 0.25) is 0 Å². The summed E-state index contributed by atoms with van der Waals surface area (Å²) in [5, 5.41) is 8.26. The van der Waals surface area contributed by atoms with Crippen LogP contribution in [0.15, 0.2) is 27.5 Å². The first-order valence-electron chi connectivity index (χ1n) is 3.72. The lowest BCUT2D eigenvalue weighted by atomic mass is 10.5. The quantitative estimate of drug-likeness (QED) is 0.926. The minimum atomic E-state index is 0.859. The summed E-state index contributed by atoms with van der Waals surface area (Å²) in [6, 6.07) is 4.17. The van der Waals surface area contributed by atoms with Crippen LogP contribution in [0.1, 0.15) is 4.88 Å². The standard InChI is InChI=1S/C8H7BrN2S2/c9-7-5-13-8(11-7)10-4-6-2-1-3-12-6/h1-3,5H,4H2,(H,10,11). The molecule has 0 saturated carbocycles. The lowest BCUT2D eigenvalue weighted by Crippen LogP contribution is -1.95. The van der Waals surface area contributed by atoms with E-state index in [0.717, 1.165) is 16.3 Å². The van der Waals surface area contributed by atoms with Crippen LogP contribution >= 0.6 is 38.6 Å². The van der Waals surface area contributed by atoms with E-state index in [4.69, 9.17) is 0 Å². The lowest BCUT2D eigenvalue weighted by molar-refractivity contribution is 1.16. The summed E-state index contributed by atoms with van der Waals surface area (Å²) in [6.07, 6.45) is 0. The van der Waals surface area contributed by atoms with Crippen molar-refractivity contribution in [2.75, 3.05) is 5.32 Å². The Hall–Kier alpha value is -0.390. The van der Waals surface area contributed by atoms with E-state index < -0.39 is 0 Å². The summed E-state index contributed by atoms with van der Waals surface area (Å²) in [4.78, 5) is 5.56. The number of nitrogens with one attached hydrogen (secondary N) is 1. The molecule has 0 radical (unpaired) electrons. The average Bonchev–Trinajstić information content (AvgIpc) is 2.71. The van der Waals surface area contributed by atoms with Crippen molar-refractivity contribution in [2.24, 2.45) is 0 Å². The third kappa shape index (κ3) is 2.52. The molecule has 68 valence electrons. The molecule has 0 aliphatic rings. The Bertz CT molecular complexity index is 369. The number of anilines is 1. The van der Waals surface area contributed by atoms with Gasteiger partial charge in [0, 0.05) is 10.3 Å². The molecule has 2 aromatic heterocycles. The van der Waals surface area contributed by atoms with Gasteiger partial charge in [0.15, 0.2) is 5.13 Å². The summed E-state index contributed by atoms with van der Waals surface area (Å²) in [7, 11) is 0. The molecule has 0 amide bonds. The molecule has 0 aliphatic carbocycles. The predicted molar refractivity (Wildman–Crippen MR) is 61.5 cm³/mol. The highest BCUT2D eigenvalue weighted by Crippen LogP contribution is 2.20. The van der Waals surface area contributed by atoms with Gasteiger partial charge in [0.1, 0.15) is 4.60 Å². The number of halogens is 1. The molecule has 0 aromatic carbocycles. The van der Waals surface area contributed by atoms with Crippen molar-refractivity contribution in [3.63, 3.8) is 0 Å². The monoisotopic (exact) mass is 274 g/mol. The van der Waals surface area contributed by atoms with E-state index in [0.29, 0.717) is 0 Å². The van der Waals surface area contributed by atoms with Crippen molar-refractivity contribution in [1.82, 2.24) is 4.98 Å². The van der Waals surface area contributed by atoms with Gasteiger partial charge in [-0.2, -0.15) is 0 Å². The van der Waals surface area contributed by atoms with Crippen LogP contribution in [0, 0.1) is 0 Å². The van der Waals surface area contributed by atoms with Crippen molar-refractivity contribution < 1.29 is 0 Å². The first-order valence-corrected chi connectivity index (χ1v) is 6.27. The Labute approximate surface area is 92.8 Å². The first kappa shape index (κ1) is 9.18. The molecule has 0 atom stereocenters. The zero-order chi connectivity index (χ0) is 9.10. The average molecular weight is 275 g/mol. The van der Waals surface area contributed by atoms with Crippen molar-refractivity contribution in [2.45, 2.75) is 6.54 Å². The fourth-order valence-electron chi connectivity index (χ4n) is 0.911. The molecule has 1 N–H and O–H groups in total. The maximum atomic E-state index is 4.24. The highest BCUT2D eigenvalue weighted by atomic mass is 79.9. The molecule has 2 rings (SSSR count). The van der Waals surface area contributed by atoms with Crippen molar-refractivity contribution in [3.05, 3.63) is 32.4 Å². The third-order valence-electron chi connectivity index (χ3n) is 1.47. The third-order valence-corrected chi connectivity index (χ3v) is 3.86. The van der Waals surface area contributed by atoms with Crippen LogP contribution in [0.3, 0.4) is 0 Å². The maximum Gasteiger partial charge on any atom is 0.184 e. The van der Waals surface area contributed by atoms with Crippen molar-refractivity contribution >= 4 is 43.7 Å². The van der Waals surface area contributed by atoms with E-state index in [2.05, 4.69) is 43.7 Å². The number of thiazole rings is 1. The smallest absolute Gasteiger partial charge is 0.184 e. The van der Waals surface area contributed by atoms with Crippen LogP contribution in [0.4, 0.5) is 5.13 Å². The van der Waals surface area contributed by atoms with Crippen LogP contribution in [-0.4, -0.2) is 4.98 Å². The fourth-order valence-corrected chi connectivity index (χ4v) is 2.70. The van der Waals surface area contributed by atoms with Crippen molar-refractivity contribution in [1.29, 1.82) is 0 Å². The first-order chi connectivity index (χ1) is 6.34. The van der Waals surface area contributed by atoms with Crippen LogP contribution in [0.25, 0.3) is 0 Å². The van der Waals surface area contributed by atoms with Gasteiger partial charge in [-0.25, -0.2) is 4.98 Å². The lowest BCUT2D eigenvalue weighted by Gasteiger charge is -1.97. The second-order valence-electron chi connectivity index (χ2n) is 2.41. The van der Waals surface area contributed by atoms with Gasteiger partial charge in [-0.15, -0.1) is 22.7 Å². The fraction of sp³-hybridized carbons (Fsp3) is 0.125. The SMILES string of the molecule is Brc1csc(NCc2cccs2)n1. The van der Waals surface area contributed by atoms with Crippen LogP contribution in [0.5, 0.6) is 0 Å². The molecule has 5 heteroatoms. The van der Waals surface area contributed by atoms with Crippen LogP contribution < -0.4 is 5.32 Å². The Morgan fingerprint density at radius 2 is 2.38 bits per heavy atom. The molecule has 0 saturated heterocycles. The Morgan fingerprint density at radius 3 is 3.00 bits per heavy atom. The van der Waals surface area contributed by atoms with Gasteiger partial charge in [0.05, 0.1) is 6.54 Å². The topological polar surface area (TPSA) is 24.9 Å². The molecule has 2 nitrogen and oxygen atoms in total. The molecule has 0 fully saturated rings. The minimum absolute atomic E-state index is 0.859. The second-order valence-corrected chi connectivity index (χ2v) is 5.11. The number of hydrogen-bond donors (Lipinski definition) is 1.